The van der Waals surface area contributed by atoms with Crippen LogP contribution in [0.2, 0.25) is 5.02 Å². The Bertz CT molecular complexity index is 1660. The minimum absolute atomic E-state index is 0.349. The van der Waals surface area contributed by atoms with Crippen molar-refractivity contribution in [3.63, 3.8) is 0 Å². The summed E-state index contributed by atoms with van der Waals surface area (Å²) in [6.45, 7) is 0.349. The molecule has 1 amide bonds. The number of para-hydroxylation sites is 1. The lowest BCUT2D eigenvalue weighted by Gasteiger charge is -2.13. The van der Waals surface area contributed by atoms with Gasteiger partial charge in [-0.05, 0) is 70.1 Å². The third-order valence-electron chi connectivity index (χ3n) is 5.96. The first-order valence-electron chi connectivity index (χ1n) is 12.0. The van der Waals surface area contributed by atoms with Gasteiger partial charge in [0.05, 0.1) is 35.1 Å². The molecule has 0 bridgehead atoms. The van der Waals surface area contributed by atoms with Crippen LogP contribution in [0.4, 0.5) is 0 Å². The summed E-state index contributed by atoms with van der Waals surface area (Å²) in [5.74, 6) is 0.557. The largest absolute Gasteiger partial charge is 0.493 e. The maximum atomic E-state index is 13.2. The lowest BCUT2D eigenvalue weighted by molar-refractivity contribution is 0.0956. The van der Waals surface area contributed by atoms with E-state index >= 15 is 0 Å². The predicted molar refractivity (Wildman–Crippen MR) is 164 cm³/mol. The minimum Gasteiger partial charge on any atom is -0.493 e. The quantitative estimate of drug-likeness (QED) is 0.108. The van der Waals surface area contributed by atoms with Gasteiger partial charge in [-0.1, -0.05) is 72.3 Å². The van der Waals surface area contributed by atoms with Crippen LogP contribution in [0, 0.1) is 3.57 Å². The Kier molecular flexibility index (Phi) is 8.39. The molecule has 0 saturated carbocycles. The van der Waals surface area contributed by atoms with Crippen molar-refractivity contribution in [3.05, 3.63) is 122 Å². The second-order valence-corrected chi connectivity index (χ2v) is 10.2. The third-order valence-corrected chi connectivity index (χ3v) is 6.96. The number of hydrogen-bond donors (Lipinski definition) is 1. The van der Waals surface area contributed by atoms with Gasteiger partial charge < -0.3 is 9.47 Å². The molecule has 39 heavy (non-hydrogen) atoms. The molecule has 0 atom stereocenters. The van der Waals surface area contributed by atoms with E-state index in [1.165, 1.54) is 6.21 Å². The molecule has 1 aromatic heterocycles. The highest BCUT2D eigenvalue weighted by Gasteiger charge is 2.15. The van der Waals surface area contributed by atoms with Crippen LogP contribution in [0.25, 0.3) is 22.2 Å². The number of nitrogens with one attached hydrogen (secondary N) is 1. The zero-order valence-electron chi connectivity index (χ0n) is 20.9. The summed E-state index contributed by atoms with van der Waals surface area (Å²) >= 11 is 8.78. The number of hydrogen-bond acceptors (Lipinski definition) is 5. The Morgan fingerprint density at radius 1 is 1.00 bits per heavy atom. The zero-order chi connectivity index (χ0) is 27.2. The molecular formula is C31H23ClIN3O3. The van der Waals surface area contributed by atoms with E-state index < -0.39 is 0 Å². The van der Waals surface area contributed by atoms with Gasteiger partial charge in [-0.2, -0.15) is 5.10 Å². The molecule has 0 aliphatic rings. The fraction of sp³-hybridized carbons (Fsp3) is 0.0645. The first kappa shape index (κ1) is 26.6. The van der Waals surface area contributed by atoms with Gasteiger partial charge in [-0.3, -0.25) is 4.79 Å². The third kappa shape index (κ3) is 6.38. The standard InChI is InChI=1S/C31H23ClIN3O3/c1-38-29-16-21(15-26(32)30(29)39-19-20-11-13-23(33)14-12-20)18-34-36-31(37)25-17-28(22-7-3-2-4-8-22)35-27-10-6-5-9-24(25)27/h2-18H,19H2,1H3,(H,36,37)/b34-18+. The van der Waals surface area contributed by atoms with Gasteiger partial charge in [0, 0.05) is 14.5 Å². The highest BCUT2D eigenvalue weighted by molar-refractivity contribution is 14.1. The van der Waals surface area contributed by atoms with Gasteiger partial charge in [0.15, 0.2) is 11.5 Å². The number of ether oxygens (including phenoxy) is 2. The van der Waals surface area contributed by atoms with Gasteiger partial charge in [0.2, 0.25) is 0 Å². The molecule has 0 spiro atoms. The topological polar surface area (TPSA) is 72.8 Å². The zero-order valence-corrected chi connectivity index (χ0v) is 23.8. The number of carbonyl (C=O) groups excluding carboxylic acids is 1. The van der Waals surface area contributed by atoms with Crippen molar-refractivity contribution in [3.8, 4) is 22.8 Å². The van der Waals surface area contributed by atoms with Gasteiger partial charge in [-0.25, -0.2) is 10.4 Å². The fourth-order valence-corrected chi connectivity index (χ4v) is 4.67. The molecule has 4 aromatic carbocycles. The van der Waals surface area contributed by atoms with Crippen LogP contribution in [0.15, 0.2) is 102 Å². The summed E-state index contributed by atoms with van der Waals surface area (Å²) in [4.78, 5) is 17.9. The average Bonchev–Trinajstić information content (AvgIpc) is 2.97. The molecule has 1 heterocycles. The Hall–Kier alpha value is -3.95. The van der Waals surface area contributed by atoms with Crippen LogP contribution < -0.4 is 14.9 Å². The van der Waals surface area contributed by atoms with Crippen LogP contribution >= 0.6 is 34.2 Å². The van der Waals surface area contributed by atoms with Crippen LogP contribution in [-0.2, 0) is 6.61 Å². The normalized spacial score (nSPS) is 11.1. The van der Waals surface area contributed by atoms with E-state index in [4.69, 9.17) is 26.1 Å². The van der Waals surface area contributed by atoms with Crippen molar-refractivity contribution in [2.24, 2.45) is 5.10 Å². The predicted octanol–water partition coefficient (Wildman–Crippen LogP) is 7.51. The lowest BCUT2D eigenvalue weighted by Crippen LogP contribution is -2.18. The van der Waals surface area contributed by atoms with Crippen LogP contribution in [0.5, 0.6) is 11.5 Å². The molecule has 0 fully saturated rings. The van der Waals surface area contributed by atoms with E-state index in [1.807, 2.05) is 78.9 Å². The number of rotatable bonds is 8. The summed E-state index contributed by atoms with van der Waals surface area (Å²) in [7, 11) is 1.55. The van der Waals surface area contributed by atoms with Gasteiger partial charge >= 0.3 is 0 Å². The second kappa shape index (κ2) is 12.3. The van der Waals surface area contributed by atoms with Crippen molar-refractivity contribution in [2.75, 3.05) is 7.11 Å². The minimum atomic E-state index is -0.349. The van der Waals surface area contributed by atoms with Crippen molar-refractivity contribution in [2.45, 2.75) is 6.61 Å². The summed E-state index contributed by atoms with van der Waals surface area (Å²) in [5.41, 5.74) is 7.12. The number of fused-ring (bicyclic) bond motifs is 1. The number of aromatic nitrogens is 1. The second-order valence-electron chi connectivity index (χ2n) is 8.59. The number of hydrazone groups is 1. The number of halogens is 2. The molecule has 194 valence electrons. The Morgan fingerprint density at radius 3 is 2.51 bits per heavy atom. The lowest BCUT2D eigenvalue weighted by atomic mass is 10.0. The molecule has 0 aliphatic carbocycles. The molecule has 8 heteroatoms. The van der Waals surface area contributed by atoms with Crippen LogP contribution in [0.3, 0.4) is 0 Å². The van der Waals surface area contributed by atoms with Crippen molar-refractivity contribution >= 4 is 57.2 Å². The molecule has 5 rings (SSSR count). The monoisotopic (exact) mass is 647 g/mol. The summed E-state index contributed by atoms with van der Waals surface area (Å²) < 4.78 is 12.6. The van der Waals surface area contributed by atoms with E-state index in [2.05, 4.69) is 33.1 Å². The van der Waals surface area contributed by atoms with Crippen molar-refractivity contribution < 1.29 is 14.3 Å². The number of methoxy groups -OCH3 is 1. The molecule has 0 unspecified atom stereocenters. The SMILES string of the molecule is COc1cc(/C=N/NC(=O)c2cc(-c3ccccc3)nc3ccccc23)cc(Cl)c1OCc1ccc(I)cc1. The first-order valence-corrected chi connectivity index (χ1v) is 13.5. The smallest absolute Gasteiger partial charge is 0.272 e. The Morgan fingerprint density at radius 2 is 1.74 bits per heavy atom. The Labute approximate surface area is 244 Å². The molecular weight excluding hydrogens is 625 g/mol. The number of benzene rings is 4. The Balaban J connectivity index is 1.34. The van der Waals surface area contributed by atoms with E-state index in [0.29, 0.717) is 39.9 Å². The summed E-state index contributed by atoms with van der Waals surface area (Å²) in [6, 6.07) is 30.5. The molecule has 0 saturated heterocycles. The molecule has 0 radical (unpaired) electrons. The van der Waals surface area contributed by atoms with Crippen molar-refractivity contribution in [1.29, 1.82) is 0 Å². The van der Waals surface area contributed by atoms with E-state index in [0.717, 1.165) is 25.6 Å². The molecule has 6 nitrogen and oxygen atoms in total. The van der Waals surface area contributed by atoms with E-state index in [9.17, 15) is 4.79 Å². The number of carbonyl (C=O) groups is 1. The maximum absolute atomic E-state index is 13.2. The van der Waals surface area contributed by atoms with Crippen molar-refractivity contribution in [1.82, 2.24) is 10.4 Å². The number of amides is 1. The highest BCUT2D eigenvalue weighted by Crippen LogP contribution is 2.36. The van der Waals surface area contributed by atoms with Gasteiger partial charge in [0.1, 0.15) is 6.61 Å². The molecule has 1 N–H and O–H groups in total. The molecule has 0 aliphatic heterocycles. The number of pyridine rings is 1. The fourth-order valence-electron chi connectivity index (χ4n) is 4.04. The highest BCUT2D eigenvalue weighted by atomic mass is 127. The summed E-state index contributed by atoms with van der Waals surface area (Å²) in [6.07, 6.45) is 1.51. The summed E-state index contributed by atoms with van der Waals surface area (Å²) in [5, 5.41) is 5.29. The number of nitrogens with zero attached hydrogens (tertiary/aromatic N) is 2. The van der Waals surface area contributed by atoms with Crippen LogP contribution in [-0.4, -0.2) is 24.2 Å². The van der Waals surface area contributed by atoms with Gasteiger partial charge in [0.25, 0.3) is 5.91 Å². The van der Waals surface area contributed by atoms with Gasteiger partial charge in [-0.15, -0.1) is 0 Å². The maximum Gasteiger partial charge on any atom is 0.272 e. The first-order chi connectivity index (χ1) is 19.0. The molecule has 5 aromatic rings. The average molecular weight is 648 g/mol. The van der Waals surface area contributed by atoms with E-state index in [-0.39, 0.29) is 5.91 Å². The van der Waals surface area contributed by atoms with Crippen LogP contribution in [0.1, 0.15) is 21.5 Å². The van der Waals surface area contributed by atoms with E-state index in [1.54, 1.807) is 25.3 Å².